The Balaban J connectivity index is 2.32. The predicted molar refractivity (Wildman–Crippen MR) is 60.6 cm³/mol. The van der Waals surface area contributed by atoms with Gasteiger partial charge in [-0.3, -0.25) is 4.79 Å². The molecule has 0 bridgehead atoms. The topological polar surface area (TPSA) is 29.1 Å². The summed E-state index contributed by atoms with van der Waals surface area (Å²) in [5, 5.41) is 1.79. The van der Waals surface area contributed by atoms with Gasteiger partial charge in [0.15, 0.2) is 29.1 Å². The molecule has 0 unspecified atom stereocenters. The molecule has 8 heteroatoms. The zero-order valence-electron chi connectivity index (χ0n) is 9.99. The Morgan fingerprint density at radius 2 is 1.24 bits per heavy atom. The average Bonchev–Trinajstić information content (AvgIpc) is 2.41. The number of halogens is 6. The largest absolute Gasteiger partial charge is 0.319 e. The molecule has 0 aliphatic heterocycles. The molecular weight excluding hydrogens is 300 g/mol. The number of hydrogen-bond acceptors (Lipinski definition) is 1. The minimum absolute atomic E-state index is 0.191. The minimum Gasteiger partial charge on any atom is -0.319 e. The van der Waals surface area contributed by atoms with Gasteiger partial charge in [-0.2, -0.15) is 0 Å². The molecule has 0 radical (unpaired) electrons. The second-order valence-electron chi connectivity index (χ2n) is 3.95. The van der Waals surface area contributed by atoms with Crippen molar-refractivity contribution in [3.8, 4) is 0 Å². The van der Waals surface area contributed by atoms with Crippen molar-refractivity contribution in [2.24, 2.45) is 0 Å². The molecule has 1 amide bonds. The normalized spacial score (nSPS) is 10.6. The van der Waals surface area contributed by atoms with Crippen LogP contribution in [0.5, 0.6) is 0 Å². The highest BCUT2D eigenvalue weighted by atomic mass is 19.2. The van der Waals surface area contributed by atoms with Gasteiger partial charge in [-0.25, -0.2) is 26.3 Å². The van der Waals surface area contributed by atoms with Gasteiger partial charge in [0.05, 0.1) is 5.69 Å². The summed E-state index contributed by atoms with van der Waals surface area (Å²) < 4.78 is 77.6. The van der Waals surface area contributed by atoms with Gasteiger partial charge in [-0.05, 0) is 12.1 Å². The monoisotopic (exact) mass is 305 g/mol. The van der Waals surface area contributed by atoms with E-state index in [-0.39, 0.29) is 6.07 Å². The van der Waals surface area contributed by atoms with Gasteiger partial charge >= 0.3 is 0 Å². The van der Waals surface area contributed by atoms with Crippen LogP contribution in [0.15, 0.2) is 24.3 Å². The zero-order chi connectivity index (χ0) is 15.7. The Morgan fingerprint density at radius 1 is 0.714 bits per heavy atom. The van der Waals surface area contributed by atoms with Crippen molar-refractivity contribution in [2.75, 3.05) is 5.32 Å². The number of anilines is 1. The Bertz CT molecular complexity index is 708. The third kappa shape index (κ3) is 2.99. The lowest BCUT2D eigenvalue weighted by molar-refractivity contribution is 0.102. The highest BCUT2D eigenvalue weighted by molar-refractivity contribution is 6.04. The van der Waals surface area contributed by atoms with Gasteiger partial charge in [0, 0.05) is 17.7 Å². The maximum atomic E-state index is 13.3. The van der Waals surface area contributed by atoms with Gasteiger partial charge in [0.25, 0.3) is 5.91 Å². The maximum absolute atomic E-state index is 13.3. The molecule has 0 aliphatic carbocycles. The van der Waals surface area contributed by atoms with Crippen LogP contribution in [0.2, 0.25) is 0 Å². The Labute approximate surface area is 114 Å². The van der Waals surface area contributed by atoms with E-state index in [1.54, 1.807) is 5.32 Å². The molecule has 2 aromatic rings. The van der Waals surface area contributed by atoms with E-state index in [1.807, 2.05) is 0 Å². The van der Waals surface area contributed by atoms with Crippen molar-refractivity contribution in [3.63, 3.8) is 0 Å². The van der Waals surface area contributed by atoms with Crippen LogP contribution in [0.4, 0.5) is 32.0 Å². The first-order valence-electron chi connectivity index (χ1n) is 5.40. The SMILES string of the molecule is O=C(Nc1cc(F)c(F)cc1F)c1cc(F)c(F)c(F)c1. The molecule has 21 heavy (non-hydrogen) atoms. The standard InChI is InChI=1S/C13H5F6NO/c14-6-3-8(16)11(4-7(6)15)20-13(21)5-1-9(17)12(19)10(18)2-5/h1-4H,(H,20,21). The van der Waals surface area contributed by atoms with Crippen molar-refractivity contribution in [1.82, 2.24) is 0 Å². The van der Waals surface area contributed by atoms with Gasteiger partial charge in [-0.15, -0.1) is 0 Å². The number of amides is 1. The smallest absolute Gasteiger partial charge is 0.255 e. The van der Waals surface area contributed by atoms with Crippen molar-refractivity contribution < 1.29 is 31.1 Å². The first-order valence-corrected chi connectivity index (χ1v) is 5.40. The first-order chi connectivity index (χ1) is 9.79. The summed E-state index contributed by atoms with van der Waals surface area (Å²) in [4.78, 5) is 11.6. The number of carbonyl (C=O) groups is 1. The highest BCUT2D eigenvalue weighted by Crippen LogP contribution is 2.20. The van der Waals surface area contributed by atoms with E-state index in [0.29, 0.717) is 18.2 Å². The van der Waals surface area contributed by atoms with E-state index in [4.69, 9.17) is 0 Å². The summed E-state index contributed by atoms with van der Waals surface area (Å²) in [5.41, 5.74) is -1.39. The second kappa shape index (κ2) is 5.47. The van der Waals surface area contributed by atoms with Crippen LogP contribution < -0.4 is 5.32 Å². The summed E-state index contributed by atoms with van der Waals surface area (Å²) >= 11 is 0. The summed E-state index contributed by atoms with van der Waals surface area (Å²) in [5.74, 6) is -10.4. The van der Waals surface area contributed by atoms with E-state index in [1.165, 1.54) is 0 Å². The molecular formula is C13H5F6NO. The number of benzene rings is 2. The lowest BCUT2D eigenvalue weighted by atomic mass is 10.2. The number of carbonyl (C=O) groups excluding carboxylic acids is 1. The van der Waals surface area contributed by atoms with Gasteiger partial charge in [0.1, 0.15) is 5.82 Å². The van der Waals surface area contributed by atoms with E-state index < -0.39 is 52.1 Å². The van der Waals surface area contributed by atoms with Crippen LogP contribution in [-0.2, 0) is 0 Å². The van der Waals surface area contributed by atoms with Crippen LogP contribution in [0.3, 0.4) is 0 Å². The molecule has 0 aliphatic rings. The van der Waals surface area contributed by atoms with Crippen molar-refractivity contribution in [2.45, 2.75) is 0 Å². The van der Waals surface area contributed by atoms with Crippen LogP contribution >= 0.6 is 0 Å². The lowest BCUT2D eigenvalue weighted by Gasteiger charge is -2.08. The van der Waals surface area contributed by atoms with Crippen molar-refractivity contribution in [3.05, 3.63) is 64.7 Å². The van der Waals surface area contributed by atoms with E-state index in [2.05, 4.69) is 0 Å². The van der Waals surface area contributed by atoms with Crippen molar-refractivity contribution in [1.29, 1.82) is 0 Å². The van der Waals surface area contributed by atoms with Gasteiger partial charge < -0.3 is 5.32 Å². The minimum atomic E-state index is -1.77. The predicted octanol–water partition coefficient (Wildman–Crippen LogP) is 3.77. The van der Waals surface area contributed by atoms with E-state index in [0.717, 1.165) is 0 Å². The van der Waals surface area contributed by atoms with E-state index >= 15 is 0 Å². The molecule has 2 rings (SSSR count). The van der Waals surface area contributed by atoms with Gasteiger partial charge in [-0.1, -0.05) is 0 Å². The van der Waals surface area contributed by atoms with Gasteiger partial charge in [0.2, 0.25) is 0 Å². The number of hydrogen-bond donors (Lipinski definition) is 1. The second-order valence-corrected chi connectivity index (χ2v) is 3.95. The number of nitrogens with one attached hydrogen (secondary N) is 1. The van der Waals surface area contributed by atoms with Crippen LogP contribution in [0.25, 0.3) is 0 Å². The molecule has 1 N–H and O–H groups in total. The Morgan fingerprint density at radius 3 is 1.81 bits per heavy atom. The molecule has 0 heterocycles. The fourth-order valence-corrected chi connectivity index (χ4v) is 1.50. The third-order valence-electron chi connectivity index (χ3n) is 2.50. The molecule has 0 atom stereocenters. The average molecular weight is 305 g/mol. The van der Waals surface area contributed by atoms with Crippen molar-refractivity contribution >= 4 is 11.6 Å². The van der Waals surface area contributed by atoms with E-state index in [9.17, 15) is 31.1 Å². The molecule has 2 nitrogen and oxygen atoms in total. The Hall–Kier alpha value is -2.51. The molecule has 0 saturated heterocycles. The molecule has 0 aromatic heterocycles. The molecule has 110 valence electrons. The quantitative estimate of drug-likeness (QED) is 0.511. The summed E-state index contributed by atoms with van der Waals surface area (Å²) in [6.07, 6.45) is 0. The fraction of sp³-hybridized carbons (Fsp3) is 0. The fourth-order valence-electron chi connectivity index (χ4n) is 1.50. The first kappa shape index (κ1) is 14.9. The third-order valence-corrected chi connectivity index (χ3v) is 2.50. The lowest BCUT2D eigenvalue weighted by Crippen LogP contribution is -2.14. The number of rotatable bonds is 2. The zero-order valence-corrected chi connectivity index (χ0v) is 9.99. The Kier molecular flexibility index (Phi) is 3.88. The summed E-state index contributed by atoms with van der Waals surface area (Å²) in [7, 11) is 0. The maximum Gasteiger partial charge on any atom is 0.255 e. The summed E-state index contributed by atoms with van der Waals surface area (Å²) in [6.45, 7) is 0. The summed E-state index contributed by atoms with van der Waals surface area (Å²) in [6, 6.07) is 1.31. The molecule has 0 spiro atoms. The molecule has 2 aromatic carbocycles. The van der Waals surface area contributed by atoms with Crippen LogP contribution in [0.1, 0.15) is 10.4 Å². The van der Waals surface area contributed by atoms with Crippen LogP contribution in [-0.4, -0.2) is 5.91 Å². The molecule has 0 fully saturated rings. The molecule has 0 saturated carbocycles. The van der Waals surface area contributed by atoms with Crippen LogP contribution in [0, 0.1) is 34.9 Å². The highest BCUT2D eigenvalue weighted by Gasteiger charge is 2.17.